The highest BCUT2D eigenvalue weighted by Gasteiger charge is 2.27. The van der Waals surface area contributed by atoms with Crippen LogP contribution in [0.1, 0.15) is 45.0 Å². The Hall–Kier alpha value is -2.19. The van der Waals surface area contributed by atoms with Crippen molar-refractivity contribution in [1.82, 2.24) is 25.0 Å². The molecule has 0 spiro atoms. The van der Waals surface area contributed by atoms with E-state index in [-0.39, 0.29) is 23.0 Å². The molecule has 0 radical (unpaired) electrons. The minimum Gasteiger partial charge on any atom is -0.352 e. The van der Waals surface area contributed by atoms with E-state index in [2.05, 4.69) is 33.9 Å². The number of halogens is 1. The summed E-state index contributed by atoms with van der Waals surface area (Å²) in [7, 11) is 0. The Morgan fingerprint density at radius 1 is 1.24 bits per heavy atom. The molecule has 2 heterocycles. The summed E-state index contributed by atoms with van der Waals surface area (Å²) in [5.41, 5.74) is 0.788. The second kappa shape index (κ2) is 10.0. The van der Waals surface area contributed by atoms with Gasteiger partial charge in [0.2, 0.25) is 5.91 Å². The Labute approximate surface area is 175 Å². The maximum absolute atomic E-state index is 13.5. The molecule has 156 valence electrons. The van der Waals surface area contributed by atoms with Crippen molar-refractivity contribution in [3.05, 3.63) is 48.6 Å². The lowest BCUT2D eigenvalue weighted by Crippen LogP contribution is -2.33. The van der Waals surface area contributed by atoms with Gasteiger partial charge in [0, 0.05) is 12.2 Å². The van der Waals surface area contributed by atoms with Crippen LogP contribution < -0.4 is 5.32 Å². The molecule has 2 aromatic rings. The smallest absolute Gasteiger partial charge is 0.233 e. The molecule has 8 heteroatoms. The van der Waals surface area contributed by atoms with Crippen molar-refractivity contribution in [1.29, 1.82) is 0 Å². The SMILES string of the molecule is C=CCNC(=O)[C@H](C)Sc1nnc([C@H](C)N2CCCCC2)n1-c1ccc(F)cc1. The fraction of sp³-hybridized carbons (Fsp3) is 0.476. The third kappa shape index (κ3) is 5.25. The first-order valence-corrected chi connectivity index (χ1v) is 10.9. The van der Waals surface area contributed by atoms with Crippen molar-refractivity contribution < 1.29 is 9.18 Å². The lowest BCUT2D eigenvalue weighted by Gasteiger charge is -2.32. The Morgan fingerprint density at radius 2 is 1.93 bits per heavy atom. The highest BCUT2D eigenvalue weighted by Crippen LogP contribution is 2.31. The summed E-state index contributed by atoms with van der Waals surface area (Å²) in [6.07, 6.45) is 5.26. The Morgan fingerprint density at radius 3 is 2.59 bits per heavy atom. The van der Waals surface area contributed by atoms with E-state index < -0.39 is 0 Å². The molecule has 1 saturated heterocycles. The third-order valence-electron chi connectivity index (χ3n) is 5.13. The highest BCUT2D eigenvalue weighted by molar-refractivity contribution is 8.00. The molecule has 2 atom stereocenters. The number of carbonyl (C=O) groups excluding carboxylic acids is 1. The number of aromatic nitrogens is 3. The normalized spacial score (nSPS) is 16.9. The van der Waals surface area contributed by atoms with Crippen LogP contribution in [0.25, 0.3) is 5.69 Å². The van der Waals surface area contributed by atoms with E-state index >= 15 is 0 Å². The number of carbonyl (C=O) groups is 1. The van der Waals surface area contributed by atoms with Crippen LogP contribution in [0.3, 0.4) is 0 Å². The minimum atomic E-state index is -0.350. The molecule has 0 aliphatic carbocycles. The maximum Gasteiger partial charge on any atom is 0.233 e. The summed E-state index contributed by atoms with van der Waals surface area (Å²) >= 11 is 1.34. The molecule has 1 amide bonds. The Kier molecular flexibility index (Phi) is 7.44. The van der Waals surface area contributed by atoms with Gasteiger partial charge in [-0.15, -0.1) is 16.8 Å². The van der Waals surface area contributed by atoms with Crippen LogP contribution in [0.15, 0.2) is 42.1 Å². The lowest BCUT2D eigenvalue weighted by atomic mass is 10.1. The summed E-state index contributed by atoms with van der Waals surface area (Å²) in [4.78, 5) is 14.7. The second-order valence-electron chi connectivity index (χ2n) is 7.22. The van der Waals surface area contributed by atoms with Crippen LogP contribution in [0.5, 0.6) is 0 Å². The lowest BCUT2D eigenvalue weighted by molar-refractivity contribution is -0.120. The van der Waals surface area contributed by atoms with Gasteiger partial charge in [0.15, 0.2) is 11.0 Å². The minimum absolute atomic E-state index is 0.0760. The monoisotopic (exact) mass is 417 g/mol. The van der Waals surface area contributed by atoms with Gasteiger partial charge in [-0.2, -0.15) is 0 Å². The molecule has 1 N–H and O–H groups in total. The van der Waals surface area contributed by atoms with E-state index in [0.29, 0.717) is 11.7 Å². The molecule has 1 aromatic carbocycles. The summed E-state index contributed by atoms with van der Waals surface area (Å²) in [5, 5.41) is 11.9. The fourth-order valence-electron chi connectivity index (χ4n) is 3.46. The second-order valence-corrected chi connectivity index (χ2v) is 8.53. The van der Waals surface area contributed by atoms with E-state index in [0.717, 1.165) is 24.6 Å². The molecule has 3 rings (SSSR count). The van der Waals surface area contributed by atoms with Crippen molar-refractivity contribution >= 4 is 17.7 Å². The van der Waals surface area contributed by atoms with Crippen LogP contribution in [-0.2, 0) is 4.79 Å². The summed E-state index contributed by atoms with van der Waals surface area (Å²) in [5.74, 6) is 0.424. The number of hydrogen-bond acceptors (Lipinski definition) is 5. The number of benzene rings is 1. The first-order valence-electron chi connectivity index (χ1n) is 10.0. The summed E-state index contributed by atoms with van der Waals surface area (Å²) < 4.78 is 15.4. The average molecular weight is 418 g/mol. The molecule has 6 nitrogen and oxygen atoms in total. The number of nitrogens with one attached hydrogen (secondary N) is 1. The van der Waals surface area contributed by atoms with E-state index in [1.807, 2.05) is 11.5 Å². The third-order valence-corrected chi connectivity index (χ3v) is 6.17. The number of hydrogen-bond donors (Lipinski definition) is 1. The predicted octanol–water partition coefficient (Wildman–Crippen LogP) is 3.74. The van der Waals surface area contributed by atoms with Gasteiger partial charge in [-0.1, -0.05) is 24.3 Å². The highest BCUT2D eigenvalue weighted by atomic mass is 32.2. The van der Waals surface area contributed by atoms with Gasteiger partial charge in [0.05, 0.1) is 11.3 Å². The number of piperidine rings is 1. The van der Waals surface area contributed by atoms with Gasteiger partial charge < -0.3 is 5.32 Å². The molecule has 1 aliphatic heterocycles. The molecule has 0 bridgehead atoms. The molecule has 0 unspecified atom stereocenters. The zero-order valence-electron chi connectivity index (χ0n) is 17.0. The summed E-state index contributed by atoms with van der Waals surface area (Å²) in [6.45, 7) is 10.1. The molecule has 29 heavy (non-hydrogen) atoms. The van der Waals surface area contributed by atoms with E-state index in [4.69, 9.17) is 0 Å². The number of thioether (sulfide) groups is 1. The quantitative estimate of drug-likeness (QED) is 0.524. The van der Waals surface area contributed by atoms with Crippen molar-refractivity contribution in [3.8, 4) is 5.69 Å². The zero-order valence-corrected chi connectivity index (χ0v) is 17.8. The van der Waals surface area contributed by atoms with E-state index in [1.54, 1.807) is 18.2 Å². The number of nitrogens with zero attached hydrogens (tertiary/aromatic N) is 4. The Bertz CT molecular complexity index is 832. The number of rotatable bonds is 8. The predicted molar refractivity (Wildman–Crippen MR) is 114 cm³/mol. The van der Waals surface area contributed by atoms with Crippen molar-refractivity contribution in [2.45, 2.75) is 49.6 Å². The summed E-state index contributed by atoms with van der Waals surface area (Å²) in [6, 6.07) is 6.38. The van der Waals surface area contributed by atoms with Crippen LogP contribution in [-0.4, -0.2) is 50.5 Å². The van der Waals surface area contributed by atoms with Gasteiger partial charge >= 0.3 is 0 Å². The van der Waals surface area contributed by atoms with Gasteiger partial charge in [0.25, 0.3) is 0 Å². The average Bonchev–Trinajstić information content (AvgIpc) is 3.16. The van der Waals surface area contributed by atoms with E-state index in [1.165, 1.54) is 43.2 Å². The number of likely N-dealkylation sites (tertiary alicyclic amines) is 1. The Balaban J connectivity index is 1.91. The fourth-order valence-corrected chi connectivity index (χ4v) is 4.36. The molecular weight excluding hydrogens is 389 g/mol. The van der Waals surface area contributed by atoms with Gasteiger partial charge in [-0.3, -0.25) is 14.3 Å². The van der Waals surface area contributed by atoms with Gasteiger partial charge in [-0.25, -0.2) is 4.39 Å². The standard InChI is InChI=1S/C21H28FN5OS/c1-4-12-23-20(28)16(3)29-21-25-24-19(15(2)26-13-6-5-7-14-26)27(21)18-10-8-17(22)9-11-18/h4,8-11,15-16H,1,5-7,12-14H2,2-3H3,(H,23,28)/t15-,16-/m0/s1. The molecular formula is C21H28FN5OS. The van der Waals surface area contributed by atoms with Crippen molar-refractivity contribution in [2.75, 3.05) is 19.6 Å². The van der Waals surface area contributed by atoms with Gasteiger partial charge in [0.1, 0.15) is 5.82 Å². The number of amides is 1. The van der Waals surface area contributed by atoms with Crippen molar-refractivity contribution in [3.63, 3.8) is 0 Å². The molecule has 0 saturated carbocycles. The molecule has 1 aliphatic rings. The van der Waals surface area contributed by atoms with Crippen LogP contribution in [0, 0.1) is 5.82 Å². The van der Waals surface area contributed by atoms with Crippen molar-refractivity contribution in [2.24, 2.45) is 0 Å². The topological polar surface area (TPSA) is 63.1 Å². The van der Waals surface area contributed by atoms with Crippen LogP contribution in [0.2, 0.25) is 0 Å². The largest absolute Gasteiger partial charge is 0.352 e. The first-order chi connectivity index (χ1) is 14.0. The first kappa shape index (κ1) is 21.5. The van der Waals surface area contributed by atoms with Crippen LogP contribution >= 0.6 is 11.8 Å². The molecule has 1 aromatic heterocycles. The maximum atomic E-state index is 13.5. The van der Waals surface area contributed by atoms with Crippen LogP contribution in [0.4, 0.5) is 4.39 Å². The van der Waals surface area contributed by atoms with Gasteiger partial charge in [-0.05, 0) is 64.0 Å². The molecule has 1 fully saturated rings. The zero-order chi connectivity index (χ0) is 20.8. The van der Waals surface area contributed by atoms with E-state index in [9.17, 15) is 9.18 Å².